The lowest BCUT2D eigenvalue weighted by Crippen LogP contribution is -1.89. The lowest BCUT2D eigenvalue weighted by Gasteiger charge is -1.95. The van der Waals surface area contributed by atoms with E-state index in [0.717, 1.165) is 10.6 Å². The Morgan fingerprint density at radius 1 is 1.40 bits per heavy atom. The number of carbonyl (C=O) groups is 1. The first-order valence-electron chi connectivity index (χ1n) is 4.62. The zero-order valence-electron chi connectivity index (χ0n) is 8.83. The third kappa shape index (κ3) is 1.87. The monoisotopic (exact) mass is 237 g/mol. The summed E-state index contributed by atoms with van der Waals surface area (Å²) in [4.78, 5) is 17.9. The molecule has 15 heavy (non-hydrogen) atoms. The predicted molar refractivity (Wildman–Crippen MR) is 64.9 cm³/mol. The SMILES string of the molecule is CC(=O)c1nc(-c2sccc2C)c(C)s1. The Balaban J connectivity index is 2.54. The van der Waals surface area contributed by atoms with Crippen molar-refractivity contribution >= 4 is 28.5 Å². The Hall–Kier alpha value is -1.00. The van der Waals surface area contributed by atoms with Crippen molar-refractivity contribution in [3.05, 3.63) is 26.9 Å². The van der Waals surface area contributed by atoms with Gasteiger partial charge in [0.05, 0.1) is 10.6 Å². The molecule has 0 aliphatic heterocycles. The summed E-state index contributed by atoms with van der Waals surface area (Å²) in [5.41, 5.74) is 2.20. The van der Waals surface area contributed by atoms with E-state index in [1.807, 2.05) is 6.92 Å². The van der Waals surface area contributed by atoms with Crippen LogP contribution in [0.2, 0.25) is 0 Å². The van der Waals surface area contributed by atoms with Crippen molar-refractivity contribution in [2.24, 2.45) is 0 Å². The fourth-order valence-electron chi connectivity index (χ4n) is 1.37. The maximum Gasteiger partial charge on any atom is 0.188 e. The summed E-state index contributed by atoms with van der Waals surface area (Å²) in [6, 6.07) is 2.08. The standard InChI is InChI=1S/C11H11NOS2/c1-6-4-5-14-10(6)9-8(3)15-11(12-9)7(2)13/h4-5H,1-3H3. The fourth-order valence-corrected chi connectivity index (χ4v) is 3.23. The molecule has 0 saturated carbocycles. The summed E-state index contributed by atoms with van der Waals surface area (Å²) in [7, 11) is 0. The number of nitrogens with zero attached hydrogens (tertiary/aromatic N) is 1. The molecule has 0 aromatic carbocycles. The second kappa shape index (κ2) is 3.87. The van der Waals surface area contributed by atoms with Crippen LogP contribution in [0.1, 0.15) is 27.2 Å². The Morgan fingerprint density at radius 3 is 2.60 bits per heavy atom. The minimum absolute atomic E-state index is 0.0450. The number of Topliss-reactive ketones (excluding diaryl/α,β-unsaturated/α-hetero) is 1. The molecule has 2 nitrogen and oxygen atoms in total. The first kappa shape index (κ1) is 10.5. The fraction of sp³-hybridized carbons (Fsp3) is 0.273. The molecule has 0 saturated heterocycles. The van der Waals surface area contributed by atoms with Crippen LogP contribution in [-0.4, -0.2) is 10.8 Å². The number of hydrogen-bond donors (Lipinski definition) is 0. The molecule has 0 aliphatic carbocycles. The van der Waals surface area contributed by atoms with Crippen molar-refractivity contribution in [1.82, 2.24) is 4.98 Å². The molecule has 0 amide bonds. The number of carbonyl (C=O) groups excluding carboxylic acids is 1. The Labute approximate surface area is 96.6 Å². The van der Waals surface area contributed by atoms with Crippen molar-refractivity contribution in [2.45, 2.75) is 20.8 Å². The van der Waals surface area contributed by atoms with Gasteiger partial charge in [-0.2, -0.15) is 0 Å². The molecule has 0 bridgehead atoms. The van der Waals surface area contributed by atoms with Gasteiger partial charge in [0.2, 0.25) is 0 Å². The molecule has 0 fully saturated rings. The average Bonchev–Trinajstić information content (AvgIpc) is 2.71. The number of hydrogen-bond acceptors (Lipinski definition) is 4. The summed E-state index contributed by atoms with van der Waals surface area (Å²) in [5, 5.41) is 2.66. The first-order chi connectivity index (χ1) is 7.09. The van der Waals surface area contributed by atoms with Crippen LogP contribution in [0.5, 0.6) is 0 Å². The highest BCUT2D eigenvalue weighted by Gasteiger charge is 2.14. The minimum atomic E-state index is 0.0450. The van der Waals surface area contributed by atoms with Gasteiger partial charge in [-0.05, 0) is 30.9 Å². The third-order valence-electron chi connectivity index (χ3n) is 2.17. The van der Waals surface area contributed by atoms with Crippen LogP contribution in [0.15, 0.2) is 11.4 Å². The molecule has 0 radical (unpaired) electrons. The van der Waals surface area contributed by atoms with E-state index in [1.165, 1.54) is 21.8 Å². The van der Waals surface area contributed by atoms with Crippen LogP contribution in [0.25, 0.3) is 10.6 Å². The van der Waals surface area contributed by atoms with Gasteiger partial charge in [0.1, 0.15) is 0 Å². The van der Waals surface area contributed by atoms with Crippen molar-refractivity contribution in [3.8, 4) is 10.6 Å². The topological polar surface area (TPSA) is 30.0 Å². The van der Waals surface area contributed by atoms with Crippen LogP contribution in [0.4, 0.5) is 0 Å². The van der Waals surface area contributed by atoms with E-state index < -0.39 is 0 Å². The summed E-state index contributed by atoms with van der Waals surface area (Å²) in [6.45, 7) is 5.64. The predicted octanol–water partition coefficient (Wildman–Crippen LogP) is 3.69. The number of aryl methyl sites for hydroxylation is 2. The maximum absolute atomic E-state index is 11.2. The van der Waals surface area contributed by atoms with Gasteiger partial charge in [-0.15, -0.1) is 22.7 Å². The third-order valence-corrected chi connectivity index (χ3v) is 4.27. The van der Waals surface area contributed by atoms with Crippen molar-refractivity contribution in [3.63, 3.8) is 0 Å². The van der Waals surface area contributed by atoms with E-state index in [9.17, 15) is 4.79 Å². The number of aromatic nitrogens is 1. The first-order valence-corrected chi connectivity index (χ1v) is 6.32. The van der Waals surface area contributed by atoms with E-state index in [1.54, 1.807) is 18.3 Å². The zero-order valence-corrected chi connectivity index (χ0v) is 10.5. The van der Waals surface area contributed by atoms with Crippen LogP contribution >= 0.6 is 22.7 Å². The summed E-state index contributed by atoms with van der Waals surface area (Å²) in [5.74, 6) is 0.0450. The minimum Gasteiger partial charge on any atom is -0.292 e. The van der Waals surface area contributed by atoms with Gasteiger partial charge in [0, 0.05) is 11.8 Å². The van der Waals surface area contributed by atoms with Crippen molar-refractivity contribution in [1.29, 1.82) is 0 Å². The maximum atomic E-state index is 11.2. The van der Waals surface area contributed by atoms with Crippen LogP contribution in [0, 0.1) is 13.8 Å². The molecular weight excluding hydrogens is 226 g/mol. The number of rotatable bonds is 2. The average molecular weight is 237 g/mol. The van der Waals surface area contributed by atoms with Gasteiger partial charge in [-0.1, -0.05) is 0 Å². The lowest BCUT2D eigenvalue weighted by molar-refractivity contribution is 0.101. The second-order valence-corrected chi connectivity index (χ2v) is 5.53. The molecule has 78 valence electrons. The quantitative estimate of drug-likeness (QED) is 0.746. The molecule has 2 rings (SSSR count). The number of thiazole rings is 1. The van der Waals surface area contributed by atoms with E-state index in [-0.39, 0.29) is 5.78 Å². The van der Waals surface area contributed by atoms with E-state index in [4.69, 9.17) is 0 Å². The van der Waals surface area contributed by atoms with Gasteiger partial charge in [0.15, 0.2) is 10.8 Å². The summed E-state index contributed by atoms with van der Waals surface area (Å²) < 4.78 is 0. The molecule has 0 aliphatic rings. The smallest absolute Gasteiger partial charge is 0.188 e. The Bertz CT molecular complexity index is 510. The summed E-state index contributed by atoms with van der Waals surface area (Å²) in [6.07, 6.45) is 0. The van der Waals surface area contributed by atoms with E-state index in [2.05, 4.69) is 23.4 Å². The van der Waals surface area contributed by atoms with Crippen LogP contribution in [-0.2, 0) is 0 Å². The highest BCUT2D eigenvalue weighted by molar-refractivity contribution is 7.16. The number of ketones is 1. The Morgan fingerprint density at radius 2 is 2.13 bits per heavy atom. The van der Waals surface area contributed by atoms with Crippen LogP contribution < -0.4 is 0 Å². The molecule has 0 atom stereocenters. The second-order valence-electron chi connectivity index (χ2n) is 3.41. The van der Waals surface area contributed by atoms with Gasteiger partial charge in [-0.25, -0.2) is 4.98 Å². The molecule has 2 heterocycles. The normalized spacial score (nSPS) is 10.6. The van der Waals surface area contributed by atoms with Gasteiger partial charge >= 0.3 is 0 Å². The molecule has 2 aromatic heterocycles. The lowest BCUT2D eigenvalue weighted by atomic mass is 10.2. The number of thiophene rings is 1. The molecule has 2 aromatic rings. The largest absolute Gasteiger partial charge is 0.292 e. The van der Waals surface area contributed by atoms with E-state index >= 15 is 0 Å². The Kier molecular flexibility index (Phi) is 2.71. The summed E-state index contributed by atoms with van der Waals surface area (Å²) >= 11 is 3.15. The van der Waals surface area contributed by atoms with Gasteiger partial charge in [0.25, 0.3) is 0 Å². The highest BCUT2D eigenvalue weighted by atomic mass is 32.1. The highest BCUT2D eigenvalue weighted by Crippen LogP contribution is 2.33. The van der Waals surface area contributed by atoms with E-state index in [0.29, 0.717) is 5.01 Å². The van der Waals surface area contributed by atoms with Crippen molar-refractivity contribution < 1.29 is 4.79 Å². The molecule has 0 N–H and O–H groups in total. The molecule has 0 spiro atoms. The molecule has 4 heteroatoms. The van der Waals surface area contributed by atoms with Crippen molar-refractivity contribution in [2.75, 3.05) is 0 Å². The zero-order chi connectivity index (χ0) is 11.0. The van der Waals surface area contributed by atoms with Gasteiger partial charge < -0.3 is 0 Å². The van der Waals surface area contributed by atoms with Crippen LogP contribution in [0.3, 0.4) is 0 Å². The molecular formula is C11H11NOS2. The molecule has 0 unspecified atom stereocenters. The van der Waals surface area contributed by atoms with Gasteiger partial charge in [-0.3, -0.25) is 4.79 Å².